The van der Waals surface area contributed by atoms with E-state index in [2.05, 4.69) is 32.2 Å². The van der Waals surface area contributed by atoms with Gasteiger partial charge < -0.3 is 15.0 Å². The molecule has 0 radical (unpaired) electrons. The second-order valence-corrected chi connectivity index (χ2v) is 7.96. The molecular weight excluding hydrogens is 402 g/mol. The predicted molar refractivity (Wildman–Crippen MR) is 126 cm³/mol. The van der Waals surface area contributed by atoms with Gasteiger partial charge >= 0.3 is 0 Å². The summed E-state index contributed by atoms with van der Waals surface area (Å²) in [5, 5.41) is 4.21. The number of ether oxygens (including phenoxy) is 1. The van der Waals surface area contributed by atoms with Crippen LogP contribution in [-0.2, 0) is 4.74 Å². The van der Waals surface area contributed by atoms with E-state index in [1.807, 2.05) is 48.5 Å². The number of nitrogens with zero attached hydrogens (tertiary/aromatic N) is 3. The summed E-state index contributed by atoms with van der Waals surface area (Å²) in [6.45, 7) is 2.84. The Kier molecular flexibility index (Phi) is 6.87. The molecule has 0 bridgehead atoms. The first-order valence-electron chi connectivity index (χ1n) is 10.8. The van der Waals surface area contributed by atoms with Crippen molar-refractivity contribution < 1.29 is 9.53 Å². The van der Waals surface area contributed by atoms with Crippen LogP contribution >= 0.6 is 0 Å². The number of rotatable bonds is 10. The van der Waals surface area contributed by atoms with Gasteiger partial charge in [-0.05, 0) is 61.2 Å². The van der Waals surface area contributed by atoms with Crippen molar-refractivity contribution >= 4 is 28.3 Å². The summed E-state index contributed by atoms with van der Waals surface area (Å²) in [5.74, 6) is 0.945. The highest BCUT2D eigenvalue weighted by atomic mass is 16.5. The zero-order chi connectivity index (χ0) is 22.3. The molecule has 3 heterocycles. The van der Waals surface area contributed by atoms with Gasteiger partial charge in [0.05, 0.1) is 17.1 Å². The third-order valence-corrected chi connectivity index (χ3v) is 5.34. The number of hydrogen-bond donors (Lipinski definition) is 2. The second kappa shape index (κ2) is 10.2. The lowest BCUT2D eigenvalue weighted by Crippen LogP contribution is -2.07. The molecule has 7 nitrogen and oxygen atoms in total. The lowest BCUT2D eigenvalue weighted by atomic mass is 9.98. The summed E-state index contributed by atoms with van der Waals surface area (Å²) < 4.78 is 5.10. The molecule has 1 aromatic carbocycles. The first kappa shape index (κ1) is 21.6. The number of aromatic nitrogens is 4. The Morgan fingerprint density at radius 2 is 2.00 bits per heavy atom. The fraction of sp³-hybridized carbons (Fsp3) is 0.280. The van der Waals surface area contributed by atoms with Crippen molar-refractivity contribution in [1.29, 1.82) is 0 Å². The van der Waals surface area contributed by atoms with Gasteiger partial charge in [-0.15, -0.1) is 0 Å². The highest BCUT2D eigenvalue weighted by molar-refractivity contribution is 6.00. The van der Waals surface area contributed by atoms with Crippen LogP contribution in [0, 0.1) is 5.92 Å². The van der Waals surface area contributed by atoms with Crippen LogP contribution in [0.5, 0.6) is 0 Å². The molecule has 0 amide bonds. The molecule has 164 valence electrons. The van der Waals surface area contributed by atoms with E-state index >= 15 is 0 Å². The maximum atomic E-state index is 12.7. The highest BCUT2D eigenvalue weighted by Gasteiger charge is 2.14. The number of hydrogen-bond acceptors (Lipinski definition) is 6. The summed E-state index contributed by atoms with van der Waals surface area (Å²) >= 11 is 0. The van der Waals surface area contributed by atoms with Gasteiger partial charge in [-0.25, -0.2) is 9.97 Å². The number of methoxy groups -OCH3 is 1. The number of ketones is 1. The lowest BCUT2D eigenvalue weighted by Gasteiger charge is -2.09. The summed E-state index contributed by atoms with van der Waals surface area (Å²) in [4.78, 5) is 29.2. The average molecular weight is 430 g/mol. The average Bonchev–Trinajstić information content (AvgIpc) is 3.24. The van der Waals surface area contributed by atoms with E-state index in [0.29, 0.717) is 24.0 Å². The fourth-order valence-corrected chi connectivity index (χ4v) is 3.67. The van der Waals surface area contributed by atoms with Crippen molar-refractivity contribution in [2.24, 2.45) is 5.92 Å². The first-order chi connectivity index (χ1) is 15.6. The zero-order valence-corrected chi connectivity index (χ0v) is 18.3. The van der Waals surface area contributed by atoms with E-state index in [-0.39, 0.29) is 5.78 Å². The number of H-pyrrole nitrogens is 1. The molecule has 4 aromatic rings. The molecule has 7 heteroatoms. The molecule has 32 heavy (non-hydrogen) atoms. The van der Waals surface area contributed by atoms with Gasteiger partial charge in [0.25, 0.3) is 0 Å². The molecule has 0 spiro atoms. The molecule has 0 aliphatic carbocycles. The molecule has 0 saturated heterocycles. The van der Waals surface area contributed by atoms with Gasteiger partial charge in [0.1, 0.15) is 0 Å². The van der Waals surface area contributed by atoms with Crippen molar-refractivity contribution in [3.05, 3.63) is 66.6 Å². The van der Waals surface area contributed by atoms with Crippen LogP contribution in [0.2, 0.25) is 0 Å². The molecule has 1 atom stereocenters. The van der Waals surface area contributed by atoms with Crippen molar-refractivity contribution in [1.82, 2.24) is 19.9 Å². The van der Waals surface area contributed by atoms with Crippen LogP contribution in [0.25, 0.3) is 22.3 Å². The van der Waals surface area contributed by atoms with Gasteiger partial charge in [-0.3, -0.25) is 9.78 Å². The van der Waals surface area contributed by atoms with Gasteiger partial charge in [-0.2, -0.15) is 0 Å². The fourth-order valence-electron chi connectivity index (χ4n) is 3.67. The lowest BCUT2D eigenvalue weighted by molar-refractivity contribution is 0.0955. The molecule has 4 rings (SSSR count). The van der Waals surface area contributed by atoms with E-state index < -0.39 is 0 Å². The van der Waals surface area contributed by atoms with Crippen molar-refractivity contribution in [3.63, 3.8) is 0 Å². The Bertz CT molecular complexity index is 1190. The molecular formula is C25H27N5O2. The largest absolute Gasteiger partial charge is 0.385 e. The van der Waals surface area contributed by atoms with E-state index in [9.17, 15) is 4.79 Å². The molecule has 2 N–H and O–H groups in total. The SMILES string of the molecule is COCCCC(C)CC(=O)c1cc2cc(Nc3nccc(-c4ccccn4)n3)ccc2[nH]1. The van der Waals surface area contributed by atoms with Crippen LogP contribution in [0.3, 0.4) is 0 Å². The maximum Gasteiger partial charge on any atom is 0.227 e. The summed E-state index contributed by atoms with van der Waals surface area (Å²) in [5.41, 5.74) is 3.96. The normalized spacial score (nSPS) is 12.1. The molecule has 0 saturated carbocycles. The Morgan fingerprint density at radius 1 is 1.09 bits per heavy atom. The van der Waals surface area contributed by atoms with Gasteiger partial charge in [0, 0.05) is 49.1 Å². The summed E-state index contributed by atoms with van der Waals surface area (Å²) in [7, 11) is 1.70. The quantitative estimate of drug-likeness (QED) is 0.259. The van der Waals surface area contributed by atoms with Crippen molar-refractivity contribution in [3.8, 4) is 11.4 Å². The number of benzene rings is 1. The standard InChI is InChI=1S/C25H27N5O2/c1-17(6-5-13-32-2)14-24(31)23-16-18-15-19(8-9-20(18)29-23)28-25-27-12-10-22(30-25)21-7-3-4-11-26-21/h3-4,7-12,15-17,29H,5-6,13-14H2,1-2H3,(H,27,28,30). The van der Waals surface area contributed by atoms with E-state index in [1.165, 1.54) is 0 Å². The minimum atomic E-state index is 0.132. The van der Waals surface area contributed by atoms with Gasteiger partial charge in [0.15, 0.2) is 5.78 Å². The van der Waals surface area contributed by atoms with Crippen LogP contribution in [0.1, 0.15) is 36.7 Å². The molecule has 1 unspecified atom stereocenters. The number of aromatic amines is 1. The molecule has 0 aliphatic rings. The predicted octanol–water partition coefficient (Wildman–Crippen LogP) is 5.40. The number of carbonyl (C=O) groups is 1. The monoisotopic (exact) mass is 429 g/mol. The third-order valence-electron chi connectivity index (χ3n) is 5.34. The van der Waals surface area contributed by atoms with Crippen molar-refractivity contribution in [2.75, 3.05) is 19.0 Å². The number of pyridine rings is 1. The third kappa shape index (κ3) is 5.36. The van der Waals surface area contributed by atoms with Crippen LogP contribution in [-0.4, -0.2) is 39.4 Å². The molecule has 3 aromatic heterocycles. The van der Waals surface area contributed by atoms with E-state index in [1.54, 1.807) is 19.5 Å². The summed E-state index contributed by atoms with van der Waals surface area (Å²) in [6, 6.07) is 15.3. The second-order valence-electron chi connectivity index (χ2n) is 7.96. The van der Waals surface area contributed by atoms with Gasteiger partial charge in [0.2, 0.25) is 5.95 Å². The minimum absolute atomic E-state index is 0.132. The number of fused-ring (bicyclic) bond motifs is 1. The Labute approximate surface area is 187 Å². The van der Waals surface area contributed by atoms with Crippen LogP contribution in [0.15, 0.2) is 60.9 Å². The molecule has 0 fully saturated rings. The van der Waals surface area contributed by atoms with E-state index in [0.717, 1.165) is 47.4 Å². The van der Waals surface area contributed by atoms with Gasteiger partial charge in [-0.1, -0.05) is 13.0 Å². The van der Waals surface area contributed by atoms with Crippen LogP contribution < -0.4 is 5.32 Å². The maximum absolute atomic E-state index is 12.7. The number of Topliss-reactive ketones (excluding diaryl/α,β-unsaturated/α-hetero) is 1. The van der Waals surface area contributed by atoms with Crippen LogP contribution in [0.4, 0.5) is 11.6 Å². The topological polar surface area (TPSA) is 92.8 Å². The number of anilines is 2. The highest BCUT2D eigenvalue weighted by Crippen LogP contribution is 2.24. The first-order valence-corrected chi connectivity index (χ1v) is 10.8. The van der Waals surface area contributed by atoms with Crippen molar-refractivity contribution in [2.45, 2.75) is 26.2 Å². The zero-order valence-electron chi connectivity index (χ0n) is 18.3. The Balaban J connectivity index is 1.46. The minimum Gasteiger partial charge on any atom is -0.385 e. The van der Waals surface area contributed by atoms with E-state index in [4.69, 9.17) is 4.74 Å². The Morgan fingerprint density at radius 3 is 2.81 bits per heavy atom. The summed E-state index contributed by atoms with van der Waals surface area (Å²) in [6.07, 6.45) is 5.92. The number of carbonyl (C=O) groups excluding carboxylic acids is 1. The molecule has 0 aliphatic heterocycles. The Hall–Kier alpha value is -3.58. The number of nitrogens with one attached hydrogen (secondary N) is 2. The smallest absolute Gasteiger partial charge is 0.227 e.